The number of carbonyl (C=O) groups is 1. The topological polar surface area (TPSA) is 90.7 Å². The molecule has 2 aromatic carbocycles. The Balaban J connectivity index is 2.25. The van der Waals surface area contributed by atoms with Crippen molar-refractivity contribution >= 4 is 28.9 Å². The number of benzene rings is 2. The van der Waals surface area contributed by atoms with E-state index in [1.807, 2.05) is 0 Å². The van der Waals surface area contributed by atoms with Gasteiger partial charge in [-0.25, -0.2) is 0 Å². The van der Waals surface area contributed by atoms with Crippen molar-refractivity contribution in [2.45, 2.75) is 0 Å². The zero-order valence-corrected chi connectivity index (χ0v) is 13.1. The molecule has 0 radical (unpaired) electrons. The van der Waals surface area contributed by atoms with Crippen LogP contribution < -0.4 is 14.8 Å². The van der Waals surface area contributed by atoms with E-state index in [0.29, 0.717) is 17.1 Å². The van der Waals surface area contributed by atoms with Gasteiger partial charge in [0.05, 0.1) is 19.1 Å². The molecule has 8 heteroatoms. The Bertz CT molecular complexity index is 764. The molecule has 0 unspecified atom stereocenters. The highest BCUT2D eigenvalue weighted by molar-refractivity contribution is 6.32. The summed E-state index contributed by atoms with van der Waals surface area (Å²) in [4.78, 5) is 22.5. The molecule has 2 rings (SSSR count). The van der Waals surface area contributed by atoms with Crippen molar-refractivity contribution in [3.05, 3.63) is 57.1 Å². The second kappa shape index (κ2) is 6.97. The highest BCUT2D eigenvalue weighted by Gasteiger charge is 2.15. The monoisotopic (exact) mass is 336 g/mol. The third-order valence-electron chi connectivity index (χ3n) is 3.05. The largest absolute Gasteiger partial charge is 0.493 e. The molecule has 120 valence electrons. The minimum Gasteiger partial charge on any atom is -0.493 e. The fourth-order valence-corrected chi connectivity index (χ4v) is 2.10. The van der Waals surface area contributed by atoms with E-state index in [9.17, 15) is 14.9 Å². The number of nitro groups is 1. The maximum Gasteiger partial charge on any atom is 0.289 e. The number of ether oxygens (including phenoxy) is 2. The van der Waals surface area contributed by atoms with Crippen molar-refractivity contribution in [2.24, 2.45) is 0 Å². The minimum absolute atomic E-state index is 0.000819. The van der Waals surface area contributed by atoms with Gasteiger partial charge in [0.25, 0.3) is 11.6 Å². The Kier molecular flexibility index (Phi) is 5.02. The average molecular weight is 337 g/mol. The normalized spacial score (nSPS) is 10.0. The summed E-state index contributed by atoms with van der Waals surface area (Å²) in [5.74, 6) is 0.455. The number of rotatable bonds is 5. The first kappa shape index (κ1) is 16.6. The van der Waals surface area contributed by atoms with Gasteiger partial charge >= 0.3 is 0 Å². The smallest absolute Gasteiger partial charge is 0.289 e. The van der Waals surface area contributed by atoms with Gasteiger partial charge in [-0.05, 0) is 30.3 Å². The van der Waals surface area contributed by atoms with Crippen LogP contribution >= 0.6 is 11.6 Å². The number of nitrogens with one attached hydrogen (secondary N) is 1. The van der Waals surface area contributed by atoms with Crippen LogP contribution in [0.3, 0.4) is 0 Å². The number of anilines is 1. The molecule has 0 aliphatic heterocycles. The Morgan fingerprint density at radius 3 is 2.43 bits per heavy atom. The van der Waals surface area contributed by atoms with Gasteiger partial charge in [0.15, 0.2) is 11.5 Å². The Morgan fingerprint density at radius 1 is 1.13 bits per heavy atom. The zero-order chi connectivity index (χ0) is 17.0. The van der Waals surface area contributed by atoms with E-state index in [1.54, 1.807) is 12.1 Å². The van der Waals surface area contributed by atoms with Crippen LogP contribution in [0.1, 0.15) is 10.4 Å². The molecule has 0 saturated carbocycles. The van der Waals surface area contributed by atoms with Gasteiger partial charge in [0.1, 0.15) is 5.02 Å². The molecule has 0 aromatic heterocycles. The molecule has 1 N–H and O–H groups in total. The molecule has 0 atom stereocenters. The second-order valence-corrected chi connectivity index (χ2v) is 4.85. The summed E-state index contributed by atoms with van der Waals surface area (Å²) < 4.78 is 10.2. The van der Waals surface area contributed by atoms with Crippen LogP contribution in [0.5, 0.6) is 11.5 Å². The lowest BCUT2D eigenvalue weighted by Crippen LogP contribution is -2.12. The van der Waals surface area contributed by atoms with Crippen LogP contribution in [0.2, 0.25) is 5.02 Å². The maximum atomic E-state index is 12.2. The number of methoxy groups -OCH3 is 2. The Hall–Kier alpha value is -2.80. The standard InChI is InChI=1S/C15H13ClN2O5/c1-22-13-6-3-9(7-14(13)23-2)15(19)17-10-4-5-11(16)12(8-10)18(20)21/h3-8H,1-2H3,(H,17,19). The summed E-state index contributed by atoms with van der Waals surface area (Å²) in [6, 6.07) is 8.69. The number of carbonyl (C=O) groups excluding carboxylic acids is 1. The highest BCUT2D eigenvalue weighted by Crippen LogP contribution is 2.29. The van der Waals surface area contributed by atoms with Crippen LogP contribution in [0.25, 0.3) is 0 Å². The summed E-state index contributed by atoms with van der Waals surface area (Å²) >= 11 is 5.73. The molecule has 0 saturated heterocycles. The summed E-state index contributed by atoms with van der Waals surface area (Å²) in [5.41, 5.74) is 0.304. The van der Waals surface area contributed by atoms with Crippen molar-refractivity contribution in [1.29, 1.82) is 0 Å². The fourth-order valence-electron chi connectivity index (χ4n) is 1.91. The summed E-state index contributed by atoms with van der Waals surface area (Å²) in [6.07, 6.45) is 0. The summed E-state index contributed by atoms with van der Waals surface area (Å²) in [5, 5.41) is 13.4. The molecule has 23 heavy (non-hydrogen) atoms. The van der Waals surface area contributed by atoms with Crippen molar-refractivity contribution in [2.75, 3.05) is 19.5 Å². The first-order chi connectivity index (χ1) is 11.0. The lowest BCUT2D eigenvalue weighted by molar-refractivity contribution is -0.384. The van der Waals surface area contributed by atoms with Crippen LogP contribution in [0, 0.1) is 10.1 Å². The van der Waals surface area contributed by atoms with E-state index in [2.05, 4.69) is 5.32 Å². The Morgan fingerprint density at radius 2 is 1.83 bits per heavy atom. The molecule has 0 aliphatic carbocycles. The van der Waals surface area contributed by atoms with Crippen LogP contribution in [0.4, 0.5) is 11.4 Å². The van der Waals surface area contributed by atoms with E-state index in [1.165, 1.54) is 38.5 Å². The molecule has 0 bridgehead atoms. The maximum absolute atomic E-state index is 12.2. The fraction of sp³-hybridized carbons (Fsp3) is 0.133. The highest BCUT2D eigenvalue weighted by atomic mass is 35.5. The van der Waals surface area contributed by atoms with E-state index in [-0.39, 0.29) is 16.4 Å². The zero-order valence-electron chi connectivity index (χ0n) is 12.3. The lowest BCUT2D eigenvalue weighted by atomic mass is 10.1. The van der Waals surface area contributed by atoms with Gasteiger partial charge in [-0.15, -0.1) is 0 Å². The molecule has 0 heterocycles. The third-order valence-corrected chi connectivity index (χ3v) is 3.37. The number of nitro benzene ring substituents is 1. The van der Waals surface area contributed by atoms with Crippen molar-refractivity contribution < 1.29 is 19.2 Å². The molecule has 2 aromatic rings. The van der Waals surface area contributed by atoms with Crippen molar-refractivity contribution in [3.63, 3.8) is 0 Å². The SMILES string of the molecule is COc1ccc(C(=O)Nc2ccc(Cl)c([N+](=O)[O-])c2)cc1OC. The number of nitrogens with zero attached hydrogens (tertiary/aromatic N) is 1. The van der Waals surface area contributed by atoms with Gasteiger partial charge in [0, 0.05) is 17.3 Å². The van der Waals surface area contributed by atoms with Crippen molar-refractivity contribution in [1.82, 2.24) is 0 Å². The van der Waals surface area contributed by atoms with E-state index >= 15 is 0 Å². The third kappa shape index (κ3) is 3.70. The number of hydrogen-bond acceptors (Lipinski definition) is 5. The number of halogens is 1. The van der Waals surface area contributed by atoms with Gasteiger partial charge in [-0.3, -0.25) is 14.9 Å². The lowest BCUT2D eigenvalue weighted by Gasteiger charge is -2.10. The number of amides is 1. The minimum atomic E-state index is -0.617. The van der Waals surface area contributed by atoms with E-state index in [0.717, 1.165) is 0 Å². The van der Waals surface area contributed by atoms with E-state index < -0.39 is 10.8 Å². The Labute approximate surface area is 136 Å². The van der Waals surface area contributed by atoms with Crippen LogP contribution in [-0.4, -0.2) is 25.1 Å². The molecular weight excluding hydrogens is 324 g/mol. The molecule has 0 aliphatic rings. The summed E-state index contributed by atoms with van der Waals surface area (Å²) in [6.45, 7) is 0. The second-order valence-electron chi connectivity index (χ2n) is 4.45. The first-order valence-corrected chi connectivity index (χ1v) is 6.81. The quantitative estimate of drug-likeness (QED) is 0.666. The molecule has 0 spiro atoms. The van der Waals surface area contributed by atoms with Gasteiger partial charge in [-0.1, -0.05) is 11.6 Å². The average Bonchev–Trinajstić information content (AvgIpc) is 2.55. The molecule has 0 fully saturated rings. The van der Waals surface area contributed by atoms with Crippen molar-refractivity contribution in [3.8, 4) is 11.5 Å². The first-order valence-electron chi connectivity index (χ1n) is 6.43. The molecule has 7 nitrogen and oxygen atoms in total. The predicted molar refractivity (Wildman–Crippen MR) is 85.6 cm³/mol. The van der Waals surface area contributed by atoms with Crippen LogP contribution in [0.15, 0.2) is 36.4 Å². The molecular formula is C15H13ClN2O5. The molecule has 1 amide bonds. The van der Waals surface area contributed by atoms with E-state index in [4.69, 9.17) is 21.1 Å². The van der Waals surface area contributed by atoms with Gasteiger partial charge < -0.3 is 14.8 Å². The van der Waals surface area contributed by atoms with Gasteiger partial charge in [-0.2, -0.15) is 0 Å². The predicted octanol–water partition coefficient (Wildman–Crippen LogP) is 3.52. The van der Waals surface area contributed by atoms with Crippen LogP contribution in [-0.2, 0) is 0 Å². The summed E-state index contributed by atoms with van der Waals surface area (Å²) in [7, 11) is 2.95. The number of hydrogen-bond donors (Lipinski definition) is 1. The van der Waals surface area contributed by atoms with Gasteiger partial charge in [0.2, 0.25) is 0 Å².